The highest BCUT2D eigenvalue weighted by Crippen LogP contribution is 2.32. The van der Waals surface area contributed by atoms with Gasteiger partial charge in [-0.05, 0) is 41.3 Å². The van der Waals surface area contributed by atoms with Crippen molar-refractivity contribution < 1.29 is 9.90 Å². The van der Waals surface area contributed by atoms with Crippen LogP contribution in [0.15, 0.2) is 47.8 Å². The van der Waals surface area contributed by atoms with Crippen molar-refractivity contribution in [1.82, 2.24) is 4.98 Å². The number of aromatic nitrogens is 1. The van der Waals surface area contributed by atoms with E-state index >= 15 is 0 Å². The molecule has 0 aliphatic rings. The van der Waals surface area contributed by atoms with Gasteiger partial charge in [0.25, 0.3) is 0 Å². The second-order valence-corrected chi connectivity index (χ2v) is 6.40. The quantitative estimate of drug-likeness (QED) is 0.614. The summed E-state index contributed by atoms with van der Waals surface area (Å²) < 4.78 is 0. The van der Waals surface area contributed by atoms with Gasteiger partial charge in [0.1, 0.15) is 11.7 Å². The molecule has 0 radical (unpaired) electrons. The lowest BCUT2D eigenvalue weighted by atomic mass is 10.0. The smallest absolute Gasteiger partial charge is 0.231 e. The average Bonchev–Trinajstić information content (AvgIpc) is 3.19. The number of amides is 1. The van der Waals surface area contributed by atoms with E-state index in [-0.39, 0.29) is 5.75 Å². The van der Waals surface area contributed by atoms with E-state index in [1.165, 1.54) is 11.3 Å². The van der Waals surface area contributed by atoms with Crippen molar-refractivity contribution in [1.29, 1.82) is 0 Å². The Kier molecular flexibility index (Phi) is 4.41. The standard InChI is InChI=1S/C17H15ClN2O2S/c18-9-10-3-4-11(21)8-12(10)13-5-6-14(20-13)16(17(19)22)15-2-1-7-23-15/h1-8,16,20-21H,9H2,(H2,19,22). The van der Waals surface area contributed by atoms with Gasteiger partial charge in [0.15, 0.2) is 0 Å². The minimum absolute atomic E-state index is 0.162. The first-order valence-corrected chi connectivity index (χ1v) is 8.41. The Bertz CT molecular complexity index is 827. The van der Waals surface area contributed by atoms with Crippen molar-refractivity contribution >= 4 is 28.8 Å². The Balaban J connectivity index is 2.03. The number of nitrogens with one attached hydrogen (secondary N) is 1. The first-order chi connectivity index (χ1) is 11.1. The van der Waals surface area contributed by atoms with Crippen LogP contribution < -0.4 is 5.73 Å². The second kappa shape index (κ2) is 6.48. The minimum atomic E-state index is -0.513. The van der Waals surface area contributed by atoms with Crippen LogP contribution in [0.5, 0.6) is 5.75 Å². The highest BCUT2D eigenvalue weighted by atomic mass is 35.5. The summed E-state index contributed by atoms with van der Waals surface area (Å²) in [5.74, 6) is -0.432. The summed E-state index contributed by atoms with van der Waals surface area (Å²) in [4.78, 5) is 16.0. The van der Waals surface area contributed by atoms with Gasteiger partial charge >= 0.3 is 0 Å². The molecule has 4 N–H and O–H groups in total. The number of thiophene rings is 1. The van der Waals surface area contributed by atoms with E-state index in [1.807, 2.05) is 29.6 Å². The molecule has 3 aromatic rings. The predicted molar refractivity (Wildman–Crippen MR) is 92.8 cm³/mol. The Morgan fingerprint density at radius 1 is 1.30 bits per heavy atom. The number of H-pyrrole nitrogens is 1. The Morgan fingerprint density at radius 2 is 2.13 bits per heavy atom. The number of halogens is 1. The fourth-order valence-electron chi connectivity index (χ4n) is 2.57. The van der Waals surface area contributed by atoms with Gasteiger partial charge in [-0.1, -0.05) is 12.1 Å². The number of nitrogens with two attached hydrogens (primary N) is 1. The van der Waals surface area contributed by atoms with Crippen LogP contribution >= 0.6 is 22.9 Å². The van der Waals surface area contributed by atoms with Crippen molar-refractivity contribution in [2.24, 2.45) is 5.73 Å². The number of phenolic OH excluding ortho intramolecular Hbond substituents is 1. The fourth-order valence-corrected chi connectivity index (χ4v) is 3.66. The van der Waals surface area contributed by atoms with Gasteiger partial charge in [-0.15, -0.1) is 22.9 Å². The summed E-state index contributed by atoms with van der Waals surface area (Å²) in [6.07, 6.45) is 0. The molecule has 2 heterocycles. The molecule has 0 aliphatic carbocycles. The van der Waals surface area contributed by atoms with Gasteiger partial charge < -0.3 is 15.8 Å². The van der Waals surface area contributed by atoms with E-state index in [1.54, 1.807) is 18.2 Å². The molecule has 2 aromatic heterocycles. The van der Waals surface area contributed by atoms with Crippen LogP contribution in [0.25, 0.3) is 11.3 Å². The number of rotatable bonds is 5. The van der Waals surface area contributed by atoms with Crippen LogP contribution in [0.1, 0.15) is 22.1 Å². The van der Waals surface area contributed by atoms with Crippen molar-refractivity contribution in [3.8, 4) is 17.0 Å². The molecule has 0 bridgehead atoms. The summed E-state index contributed by atoms with van der Waals surface area (Å²) >= 11 is 7.45. The molecule has 0 saturated carbocycles. The van der Waals surface area contributed by atoms with Crippen LogP contribution in [0, 0.1) is 0 Å². The molecule has 0 aliphatic heterocycles. The molecule has 0 saturated heterocycles. The summed E-state index contributed by atoms with van der Waals surface area (Å²) in [7, 11) is 0. The second-order valence-electron chi connectivity index (χ2n) is 5.15. The molecular formula is C17H15ClN2O2S. The molecule has 1 amide bonds. The predicted octanol–water partition coefficient (Wildman–Crippen LogP) is 3.80. The van der Waals surface area contributed by atoms with Crippen molar-refractivity contribution in [3.05, 3.63) is 64.0 Å². The summed E-state index contributed by atoms with van der Waals surface area (Å²) in [5, 5.41) is 11.6. The van der Waals surface area contributed by atoms with E-state index in [4.69, 9.17) is 17.3 Å². The normalized spacial score (nSPS) is 12.2. The minimum Gasteiger partial charge on any atom is -0.508 e. The van der Waals surface area contributed by atoms with Crippen LogP contribution in [0.4, 0.5) is 0 Å². The number of carbonyl (C=O) groups is 1. The lowest BCUT2D eigenvalue weighted by Crippen LogP contribution is -2.21. The van der Waals surface area contributed by atoms with Crippen molar-refractivity contribution in [3.63, 3.8) is 0 Å². The van der Waals surface area contributed by atoms with E-state index in [0.29, 0.717) is 5.88 Å². The third kappa shape index (κ3) is 3.11. The number of phenols is 1. The van der Waals surface area contributed by atoms with Crippen LogP contribution in [0.3, 0.4) is 0 Å². The van der Waals surface area contributed by atoms with Crippen LogP contribution in [0.2, 0.25) is 0 Å². The van der Waals surface area contributed by atoms with Gasteiger partial charge in [0.2, 0.25) is 5.91 Å². The van der Waals surface area contributed by atoms with E-state index in [2.05, 4.69) is 4.98 Å². The van der Waals surface area contributed by atoms with Crippen LogP contribution in [-0.2, 0) is 10.7 Å². The van der Waals surface area contributed by atoms with Gasteiger partial charge in [0, 0.05) is 27.7 Å². The third-order valence-corrected chi connectivity index (χ3v) is 4.88. The molecule has 0 fully saturated rings. The highest BCUT2D eigenvalue weighted by Gasteiger charge is 2.23. The van der Waals surface area contributed by atoms with Crippen LogP contribution in [-0.4, -0.2) is 16.0 Å². The third-order valence-electron chi connectivity index (χ3n) is 3.66. The number of benzene rings is 1. The van der Waals surface area contributed by atoms with Crippen molar-refractivity contribution in [2.75, 3.05) is 0 Å². The molecule has 4 nitrogen and oxygen atoms in total. The maximum absolute atomic E-state index is 11.9. The molecule has 6 heteroatoms. The van der Waals surface area contributed by atoms with Gasteiger partial charge in [-0.2, -0.15) is 0 Å². The number of carbonyl (C=O) groups excluding carboxylic acids is 1. The summed E-state index contributed by atoms with van der Waals surface area (Å²) in [6.45, 7) is 0. The number of alkyl halides is 1. The maximum Gasteiger partial charge on any atom is 0.231 e. The molecule has 118 valence electrons. The molecule has 0 spiro atoms. The number of aromatic amines is 1. The monoisotopic (exact) mass is 346 g/mol. The average molecular weight is 347 g/mol. The first kappa shape index (κ1) is 15.6. The lowest BCUT2D eigenvalue weighted by molar-refractivity contribution is -0.118. The largest absolute Gasteiger partial charge is 0.508 e. The van der Waals surface area contributed by atoms with Gasteiger partial charge in [-0.25, -0.2) is 0 Å². The molecule has 1 aromatic carbocycles. The molecular weight excluding hydrogens is 332 g/mol. The Labute approximate surface area is 142 Å². The first-order valence-electron chi connectivity index (χ1n) is 7.00. The zero-order valence-corrected chi connectivity index (χ0v) is 13.7. The SMILES string of the molecule is NC(=O)C(c1ccc(-c2cc(O)ccc2CCl)[nH]1)c1cccs1. The van der Waals surface area contributed by atoms with Gasteiger partial charge in [0.05, 0.1) is 0 Å². The molecule has 23 heavy (non-hydrogen) atoms. The number of primary amides is 1. The fraction of sp³-hybridized carbons (Fsp3) is 0.118. The Hall–Kier alpha value is -2.24. The van der Waals surface area contributed by atoms with Crippen molar-refractivity contribution in [2.45, 2.75) is 11.8 Å². The zero-order chi connectivity index (χ0) is 16.4. The Morgan fingerprint density at radius 3 is 2.78 bits per heavy atom. The van der Waals surface area contributed by atoms with E-state index in [0.717, 1.165) is 27.4 Å². The number of hydrogen-bond acceptors (Lipinski definition) is 3. The highest BCUT2D eigenvalue weighted by molar-refractivity contribution is 7.10. The van der Waals surface area contributed by atoms with E-state index in [9.17, 15) is 9.90 Å². The maximum atomic E-state index is 11.9. The molecule has 1 unspecified atom stereocenters. The molecule has 3 rings (SSSR count). The summed E-state index contributed by atoms with van der Waals surface area (Å²) in [6, 6.07) is 12.5. The number of hydrogen-bond donors (Lipinski definition) is 3. The zero-order valence-electron chi connectivity index (χ0n) is 12.1. The van der Waals surface area contributed by atoms with Gasteiger partial charge in [-0.3, -0.25) is 4.79 Å². The lowest BCUT2D eigenvalue weighted by Gasteiger charge is -2.10. The topological polar surface area (TPSA) is 79.1 Å². The molecule has 1 atom stereocenters. The number of aromatic hydroxyl groups is 1. The summed E-state index contributed by atoms with van der Waals surface area (Å²) in [5.41, 5.74) is 8.78. The van der Waals surface area contributed by atoms with E-state index < -0.39 is 11.8 Å².